The molecule has 0 fully saturated rings. The molecule has 1 atom stereocenters. The van der Waals surface area contributed by atoms with Crippen molar-refractivity contribution in [3.05, 3.63) is 28.8 Å². The van der Waals surface area contributed by atoms with E-state index in [0.29, 0.717) is 18.2 Å². The van der Waals surface area contributed by atoms with Crippen molar-refractivity contribution in [1.82, 2.24) is 0 Å². The second-order valence-corrected chi connectivity index (χ2v) is 5.00. The van der Waals surface area contributed by atoms with E-state index in [4.69, 9.17) is 22.1 Å². The van der Waals surface area contributed by atoms with Gasteiger partial charge >= 0.3 is 0 Å². The Labute approximate surface area is 109 Å². The van der Waals surface area contributed by atoms with E-state index in [1.54, 1.807) is 0 Å². The predicted octanol–water partition coefficient (Wildman–Crippen LogP) is 3.76. The van der Waals surface area contributed by atoms with Crippen molar-refractivity contribution < 1.29 is 4.74 Å². The van der Waals surface area contributed by atoms with Crippen molar-refractivity contribution in [2.75, 3.05) is 13.2 Å². The molecule has 1 aromatic carbocycles. The number of halogens is 1. The summed E-state index contributed by atoms with van der Waals surface area (Å²) >= 11 is 6.21. The minimum atomic E-state index is 0.00311. The van der Waals surface area contributed by atoms with Gasteiger partial charge in [-0.05, 0) is 31.0 Å². The maximum absolute atomic E-state index is 6.21. The zero-order chi connectivity index (χ0) is 12.9. The molecule has 1 rings (SSSR count). The average molecular weight is 256 g/mol. The summed E-state index contributed by atoms with van der Waals surface area (Å²) in [6, 6.07) is 5.99. The summed E-state index contributed by atoms with van der Waals surface area (Å²) in [4.78, 5) is 0. The van der Waals surface area contributed by atoms with Crippen LogP contribution in [0.25, 0.3) is 0 Å². The van der Waals surface area contributed by atoms with Gasteiger partial charge in [-0.1, -0.05) is 37.9 Å². The van der Waals surface area contributed by atoms with Gasteiger partial charge in [-0.3, -0.25) is 0 Å². The van der Waals surface area contributed by atoms with E-state index >= 15 is 0 Å². The van der Waals surface area contributed by atoms with Gasteiger partial charge in [0.25, 0.3) is 0 Å². The first kappa shape index (κ1) is 14.3. The zero-order valence-corrected chi connectivity index (χ0v) is 11.7. The van der Waals surface area contributed by atoms with Crippen molar-refractivity contribution in [1.29, 1.82) is 0 Å². The summed E-state index contributed by atoms with van der Waals surface area (Å²) in [5, 5.41) is 0.667. The van der Waals surface area contributed by atoms with Crippen LogP contribution < -0.4 is 10.5 Å². The largest absolute Gasteiger partial charge is 0.492 e. The van der Waals surface area contributed by atoms with Crippen LogP contribution in [-0.4, -0.2) is 13.2 Å². The van der Waals surface area contributed by atoms with Crippen molar-refractivity contribution in [3.63, 3.8) is 0 Å². The molecular formula is C14H22ClNO. The lowest BCUT2D eigenvalue weighted by atomic mass is 9.79. The molecule has 96 valence electrons. The standard InChI is InChI=1S/C14H22ClNO/c1-4-8-14(3,10-16)11-6-7-13(17-5-2)12(15)9-11/h6-7,9H,4-5,8,10,16H2,1-3H3. The minimum absolute atomic E-state index is 0.00311. The van der Waals surface area contributed by atoms with Crippen molar-refractivity contribution >= 4 is 11.6 Å². The Morgan fingerprint density at radius 3 is 2.53 bits per heavy atom. The van der Waals surface area contributed by atoms with E-state index in [1.807, 2.05) is 19.1 Å². The van der Waals surface area contributed by atoms with Gasteiger partial charge in [0.2, 0.25) is 0 Å². The number of nitrogens with two attached hydrogens (primary N) is 1. The average Bonchev–Trinajstić information content (AvgIpc) is 2.32. The monoisotopic (exact) mass is 255 g/mol. The minimum Gasteiger partial charge on any atom is -0.492 e. The van der Waals surface area contributed by atoms with Crippen LogP contribution in [-0.2, 0) is 5.41 Å². The quantitative estimate of drug-likeness (QED) is 0.840. The van der Waals surface area contributed by atoms with Gasteiger partial charge < -0.3 is 10.5 Å². The Morgan fingerprint density at radius 1 is 1.35 bits per heavy atom. The predicted molar refractivity (Wildman–Crippen MR) is 73.9 cm³/mol. The van der Waals surface area contributed by atoms with Gasteiger partial charge in [0, 0.05) is 12.0 Å². The first-order chi connectivity index (χ1) is 8.07. The summed E-state index contributed by atoms with van der Waals surface area (Å²) in [5.41, 5.74) is 7.09. The van der Waals surface area contributed by atoms with Crippen LogP contribution in [0, 0.1) is 0 Å². The highest BCUT2D eigenvalue weighted by atomic mass is 35.5. The molecule has 0 aromatic heterocycles. The molecule has 0 spiro atoms. The normalized spacial score (nSPS) is 14.4. The third-order valence-corrected chi connectivity index (χ3v) is 3.48. The maximum atomic E-state index is 6.21. The molecular weight excluding hydrogens is 234 g/mol. The maximum Gasteiger partial charge on any atom is 0.137 e. The van der Waals surface area contributed by atoms with E-state index in [2.05, 4.69) is 19.9 Å². The Morgan fingerprint density at radius 2 is 2.06 bits per heavy atom. The SMILES string of the molecule is CCCC(C)(CN)c1ccc(OCC)c(Cl)c1. The van der Waals surface area contributed by atoms with Crippen LogP contribution in [0.2, 0.25) is 5.02 Å². The van der Waals surface area contributed by atoms with Crippen LogP contribution >= 0.6 is 11.6 Å². The third kappa shape index (κ3) is 3.36. The molecule has 0 aliphatic rings. The highest BCUT2D eigenvalue weighted by Gasteiger charge is 2.24. The first-order valence-electron chi connectivity index (χ1n) is 6.20. The molecule has 1 aromatic rings. The molecule has 0 radical (unpaired) electrons. The summed E-state index contributed by atoms with van der Waals surface area (Å²) < 4.78 is 5.43. The van der Waals surface area contributed by atoms with Gasteiger partial charge in [0.15, 0.2) is 0 Å². The van der Waals surface area contributed by atoms with Crippen LogP contribution in [0.5, 0.6) is 5.75 Å². The van der Waals surface area contributed by atoms with Gasteiger partial charge in [-0.15, -0.1) is 0 Å². The highest BCUT2D eigenvalue weighted by Crippen LogP contribution is 2.33. The van der Waals surface area contributed by atoms with E-state index < -0.39 is 0 Å². The van der Waals surface area contributed by atoms with Crippen LogP contribution in [0.4, 0.5) is 0 Å². The van der Waals surface area contributed by atoms with Crippen molar-refractivity contribution in [2.45, 2.75) is 39.0 Å². The number of hydrogen-bond acceptors (Lipinski definition) is 2. The number of hydrogen-bond donors (Lipinski definition) is 1. The molecule has 0 amide bonds. The smallest absolute Gasteiger partial charge is 0.137 e. The zero-order valence-electron chi connectivity index (χ0n) is 10.9. The molecule has 2 N–H and O–H groups in total. The Kier molecular flexibility index (Phi) is 5.29. The fourth-order valence-corrected chi connectivity index (χ4v) is 2.30. The second kappa shape index (κ2) is 6.27. The van der Waals surface area contributed by atoms with Crippen LogP contribution in [0.1, 0.15) is 39.2 Å². The lowest BCUT2D eigenvalue weighted by Crippen LogP contribution is -2.31. The summed E-state index contributed by atoms with van der Waals surface area (Å²) in [5.74, 6) is 0.744. The van der Waals surface area contributed by atoms with E-state index in [-0.39, 0.29) is 5.41 Å². The lowest BCUT2D eigenvalue weighted by Gasteiger charge is -2.28. The van der Waals surface area contributed by atoms with Crippen molar-refractivity contribution in [3.8, 4) is 5.75 Å². The third-order valence-electron chi connectivity index (χ3n) is 3.18. The molecule has 0 heterocycles. The molecule has 0 aliphatic heterocycles. The number of benzene rings is 1. The topological polar surface area (TPSA) is 35.2 Å². The fourth-order valence-electron chi connectivity index (χ4n) is 2.06. The van der Waals surface area contributed by atoms with E-state index in [1.165, 1.54) is 5.56 Å². The number of rotatable bonds is 6. The Balaban J connectivity index is 3.02. The molecule has 1 unspecified atom stereocenters. The Hall–Kier alpha value is -0.730. The second-order valence-electron chi connectivity index (χ2n) is 4.59. The van der Waals surface area contributed by atoms with Gasteiger partial charge in [-0.25, -0.2) is 0 Å². The summed E-state index contributed by atoms with van der Waals surface area (Å²) in [6.07, 6.45) is 2.17. The van der Waals surface area contributed by atoms with E-state index in [9.17, 15) is 0 Å². The Bertz CT molecular complexity index is 367. The van der Waals surface area contributed by atoms with Crippen LogP contribution in [0.15, 0.2) is 18.2 Å². The van der Waals surface area contributed by atoms with Gasteiger partial charge in [0.05, 0.1) is 11.6 Å². The summed E-state index contributed by atoms with van der Waals surface area (Å²) in [6.45, 7) is 7.56. The van der Waals surface area contributed by atoms with Gasteiger partial charge in [-0.2, -0.15) is 0 Å². The van der Waals surface area contributed by atoms with Gasteiger partial charge in [0.1, 0.15) is 5.75 Å². The summed E-state index contributed by atoms with van der Waals surface area (Å²) in [7, 11) is 0. The lowest BCUT2D eigenvalue weighted by molar-refractivity contribution is 0.340. The first-order valence-corrected chi connectivity index (χ1v) is 6.58. The number of ether oxygens (including phenoxy) is 1. The van der Waals surface area contributed by atoms with E-state index in [0.717, 1.165) is 18.6 Å². The molecule has 2 nitrogen and oxygen atoms in total. The molecule has 0 bridgehead atoms. The molecule has 0 saturated carbocycles. The molecule has 3 heteroatoms. The molecule has 0 saturated heterocycles. The fraction of sp³-hybridized carbons (Fsp3) is 0.571. The molecule has 0 aliphatic carbocycles. The molecule has 17 heavy (non-hydrogen) atoms. The van der Waals surface area contributed by atoms with Crippen LogP contribution in [0.3, 0.4) is 0 Å². The van der Waals surface area contributed by atoms with Crippen molar-refractivity contribution in [2.24, 2.45) is 5.73 Å². The highest BCUT2D eigenvalue weighted by molar-refractivity contribution is 6.32.